The van der Waals surface area contributed by atoms with Gasteiger partial charge in [-0.1, -0.05) is 121 Å². The van der Waals surface area contributed by atoms with Gasteiger partial charge in [0, 0.05) is 77.9 Å². The molecule has 7 aromatic rings. The van der Waals surface area contributed by atoms with E-state index in [4.69, 9.17) is 10.2 Å². The first-order valence-corrected chi connectivity index (χ1v) is 17.4. The second-order valence-corrected chi connectivity index (χ2v) is 13.2. The monoisotopic (exact) mass is 808 g/mol. The van der Waals surface area contributed by atoms with Crippen molar-refractivity contribution >= 4 is 44.0 Å². The maximum atomic E-state index is 10.6. The van der Waals surface area contributed by atoms with E-state index in [1.165, 1.54) is 0 Å². The topological polar surface area (TPSA) is 153 Å². The molecular weight excluding hydrogens is 760 g/mol. The predicted molar refractivity (Wildman–Crippen MR) is 217 cm³/mol. The maximum Gasteiger partial charge on any atom is 0.124 e. The minimum absolute atomic E-state index is 0. The van der Waals surface area contributed by atoms with Gasteiger partial charge in [-0.3, -0.25) is 0 Å². The van der Waals surface area contributed by atoms with Crippen LogP contribution in [0.5, 0.6) is 17.2 Å². The van der Waals surface area contributed by atoms with Gasteiger partial charge < -0.3 is 36.1 Å². The van der Waals surface area contributed by atoms with Crippen LogP contribution in [0.1, 0.15) is 39.7 Å². The average molecular weight is 809 g/mol. The Bertz CT molecular complexity index is 2350. The summed E-state index contributed by atoms with van der Waals surface area (Å²) in [5.41, 5.74) is 2.90. The fourth-order valence-electron chi connectivity index (χ4n) is 6.35. The van der Waals surface area contributed by atoms with Crippen LogP contribution in [0.2, 0.25) is 0 Å². The van der Waals surface area contributed by atoms with Crippen molar-refractivity contribution in [3.63, 3.8) is 0 Å². The van der Waals surface area contributed by atoms with E-state index in [1.807, 2.05) is 121 Å². The van der Waals surface area contributed by atoms with Crippen LogP contribution < -0.4 is 10.4 Å². The molecular formula is C46H48O7Ti2. The zero-order valence-electron chi connectivity index (χ0n) is 31.4. The average Bonchev–Trinajstić information content (AvgIpc) is 3.12. The summed E-state index contributed by atoms with van der Waals surface area (Å²) in [5, 5.41) is 66.1. The summed E-state index contributed by atoms with van der Waals surface area (Å²) >= 11 is 0. The van der Waals surface area contributed by atoms with Gasteiger partial charge in [-0.15, -0.1) is 0 Å². The van der Waals surface area contributed by atoms with E-state index in [0.717, 1.165) is 53.9 Å². The molecule has 0 saturated carbocycles. The van der Waals surface area contributed by atoms with E-state index in [-0.39, 0.29) is 78.4 Å². The van der Waals surface area contributed by atoms with Crippen LogP contribution in [0, 0.1) is 0 Å². The molecule has 0 fully saturated rings. The molecule has 0 amide bonds. The molecule has 8 N–H and O–H groups in total. The Kier molecular flexibility index (Phi) is 18.5. The van der Waals surface area contributed by atoms with Crippen molar-refractivity contribution in [1.82, 2.24) is 0 Å². The molecule has 0 heterocycles. The molecule has 7 nitrogen and oxygen atoms in total. The van der Waals surface area contributed by atoms with Crippen molar-refractivity contribution in [2.75, 3.05) is 0 Å². The van der Waals surface area contributed by atoms with E-state index in [1.54, 1.807) is 45.9 Å². The molecule has 7 aromatic carbocycles. The summed E-state index contributed by atoms with van der Waals surface area (Å²) in [6.07, 6.45) is 1.67. The number of benzene rings is 7. The second-order valence-electron chi connectivity index (χ2n) is 13.2. The Morgan fingerprint density at radius 3 is 1.22 bits per heavy atom. The normalized spacial score (nSPS) is 12.6. The van der Waals surface area contributed by atoms with Gasteiger partial charge in [-0.05, 0) is 95.1 Å². The molecule has 1 aliphatic carbocycles. The van der Waals surface area contributed by atoms with Crippen LogP contribution in [0.15, 0.2) is 133 Å². The summed E-state index contributed by atoms with van der Waals surface area (Å²) in [4.78, 5) is 0. The number of aliphatic hydroxyl groups is 3. The number of rotatable bonds is 2. The van der Waals surface area contributed by atoms with Crippen LogP contribution in [-0.2, 0) is 43.4 Å². The fraction of sp³-hybridized carbons (Fsp3) is 0.174. The molecule has 9 heteroatoms. The molecule has 55 heavy (non-hydrogen) atoms. The van der Waals surface area contributed by atoms with Gasteiger partial charge in [-0.25, -0.2) is 0 Å². The zero-order valence-corrected chi connectivity index (χ0v) is 34.5. The summed E-state index contributed by atoms with van der Waals surface area (Å²) in [7, 11) is 0. The Morgan fingerprint density at radius 1 is 0.473 bits per heavy atom. The van der Waals surface area contributed by atoms with E-state index >= 15 is 0 Å². The Labute approximate surface area is 351 Å². The van der Waals surface area contributed by atoms with Crippen LogP contribution in [0.4, 0.5) is 0 Å². The quantitative estimate of drug-likeness (QED) is 0.101. The number of phenols is 3. The third-order valence-corrected chi connectivity index (χ3v) is 8.39. The van der Waals surface area contributed by atoms with Crippen LogP contribution >= 0.6 is 0 Å². The Morgan fingerprint density at radius 2 is 0.800 bits per heavy atom. The number of fused-ring (bicyclic) bond motifs is 4. The van der Waals surface area contributed by atoms with Gasteiger partial charge in [-0.2, -0.15) is 0 Å². The van der Waals surface area contributed by atoms with Crippen molar-refractivity contribution in [2.24, 2.45) is 0 Å². The molecule has 0 aliphatic heterocycles. The van der Waals surface area contributed by atoms with Crippen LogP contribution in [0.25, 0.3) is 55.1 Å². The first-order valence-electron chi connectivity index (χ1n) is 17.4. The zero-order chi connectivity index (χ0) is 37.4. The molecule has 0 spiro atoms. The van der Waals surface area contributed by atoms with Crippen LogP contribution in [0.3, 0.4) is 0 Å². The summed E-state index contributed by atoms with van der Waals surface area (Å²) in [5.74, 6) is 0.556. The summed E-state index contributed by atoms with van der Waals surface area (Å²) < 4.78 is 0. The first-order chi connectivity index (χ1) is 25.0. The fourth-order valence-corrected chi connectivity index (χ4v) is 6.35. The van der Waals surface area contributed by atoms with Gasteiger partial charge in [0.05, 0.1) is 6.10 Å². The van der Waals surface area contributed by atoms with Gasteiger partial charge in [0.2, 0.25) is 0 Å². The number of hydrogen-bond acceptors (Lipinski definition) is 6. The molecule has 0 aromatic heterocycles. The SMILES string of the molecule is CC(C)O.CC(C)O.O.Oc1ccc2ccccc2c1-c1c(O)ccc2ccccc12.Oc1ccc2ccccc2c1C1=c2ccccc2=CC[C@@H]1O.[Ti].[Ti]. The van der Waals surface area contributed by atoms with Gasteiger partial charge in [0.15, 0.2) is 0 Å². The summed E-state index contributed by atoms with van der Waals surface area (Å²) in [6.45, 7) is 6.89. The molecule has 282 valence electrons. The molecule has 1 aliphatic rings. The number of hydrogen-bond donors (Lipinski definition) is 6. The predicted octanol–water partition coefficient (Wildman–Crippen LogP) is 7.31. The smallest absolute Gasteiger partial charge is 0.124 e. The Balaban J connectivity index is 0.000000305. The van der Waals surface area contributed by atoms with Crippen LogP contribution in [-0.4, -0.2) is 54.4 Å². The first kappa shape index (κ1) is 46.9. The Hall–Kier alpha value is -4.27. The van der Waals surface area contributed by atoms with E-state index in [0.29, 0.717) is 17.5 Å². The van der Waals surface area contributed by atoms with Crippen molar-refractivity contribution in [2.45, 2.75) is 52.4 Å². The second kappa shape index (κ2) is 21.7. The van der Waals surface area contributed by atoms with Gasteiger partial charge in [0.25, 0.3) is 0 Å². The minimum atomic E-state index is -0.605. The molecule has 0 unspecified atom stereocenters. The van der Waals surface area contributed by atoms with E-state index in [9.17, 15) is 20.4 Å². The summed E-state index contributed by atoms with van der Waals surface area (Å²) in [6, 6.07) is 42.4. The molecule has 0 radical (unpaired) electrons. The molecule has 0 bridgehead atoms. The minimum Gasteiger partial charge on any atom is -0.507 e. The van der Waals surface area contributed by atoms with Crippen molar-refractivity contribution in [3.8, 4) is 28.4 Å². The van der Waals surface area contributed by atoms with E-state index < -0.39 is 6.10 Å². The number of aliphatic hydroxyl groups excluding tert-OH is 3. The third kappa shape index (κ3) is 11.4. The largest absolute Gasteiger partial charge is 0.507 e. The van der Waals surface area contributed by atoms with Crippen molar-refractivity contribution in [1.29, 1.82) is 0 Å². The molecule has 1 atom stereocenters. The van der Waals surface area contributed by atoms with Crippen molar-refractivity contribution < 1.29 is 79.6 Å². The van der Waals surface area contributed by atoms with Gasteiger partial charge in [0.1, 0.15) is 17.2 Å². The number of aromatic hydroxyl groups is 3. The maximum absolute atomic E-state index is 10.6. The number of phenolic OH excluding ortho intramolecular Hbond substituents is 3. The standard InChI is InChI=1S/C20H16O2.C20H14O2.2C3H8O.H2O.2Ti/c2*21-17-11-9-13-5-1-3-7-15(13)19(17)20-16-8-4-2-6-14(16)10-12-18(20)22;2*1-3(2)4;;;/h1-11,18,21-22H,12H2;1-12,21-22H;2*3-4H,1-2H3;1H2;;/t18-;;;;;;/m0....../s1. The molecule has 8 rings (SSSR count). The molecule has 0 saturated heterocycles. The van der Waals surface area contributed by atoms with Crippen molar-refractivity contribution in [3.05, 3.63) is 149 Å². The third-order valence-electron chi connectivity index (χ3n) is 8.39. The van der Waals surface area contributed by atoms with Gasteiger partial charge >= 0.3 is 0 Å². The van der Waals surface area contributed by atoms with E-state index in [2.05, 4.69) is 0 Å².